The molecule has 2 unspecified atom stereocenters. The van der Waals surface area contributed by atoms with E-state index in [1.165, 1.54) is 0 Å². The fourth-order valence-electron chi connectivity index (χ4n) is 2.65. The Kier molecular flexibility index (Phi) is 5.93. The number of sulfone groups is 1. The lowest BCUT2D eigenvalue weighted by atomic mass is 10.2. The lowest BCUT2D eigenvalue weighted by Crippen LogP contribution is -2.35. The van der Waals surface area contributed by atoms with E-state index < -0.39 is 9.84 Å². The molecular weight excluding hydrogens is 234 g/mol. The first kappa shape index (κ1) is 15.0. The summed E-state index contributed by atoms with van der Waals surface area (Å²) in [4.78, 5) is 0. The van der Waals surface area contributed by atoms with Gasteiger partial charge in [-0.3, -0.25) is 0 Å². The molecule has 1 saturated carbocycles. The second-order valence-electron chi connectivity index (χ2n) is 5.40. The van der Waals surface area contributed by atoms with Crippen LogP contribution in [0.2, 0.25) is 0 Å². The normalized spacial score (nSPS) is 21.6. The van der Waals surface area contributed by atoms with Crippen LogP contribution in [-0.4, -0.2) is 31.5 Å². The van der Waals surface area contributed by atoms with Gasteiger partial charge in [-0.25, -0.2) is 8.42 Å². The van der Waals surface area contributed by atoms with E-state index >= 15 is 0 Å². The second kappa shape index (κ2) is 6.74. The van der Waals surface area contributed by atoms with Crippen molar-refractivity contribution in [3.05, 3.63) is 0 Å². The van der Waals surface area contributed by atoms with Gasteiger partial charge in [-0.15, -0.1) is 0 Å². The van der Waals surface area contributed by atoms with E-state index in [0.717, 1.165) is 45.1 Å². The summed E-state index contributed by atoms with van der Waals surface area (Å²) in [5.41, 5.74) is 0. The number of hydrogen-bond donors (Lipinski definition) is 1. The van der Waals surface area contributed by atoms with E-state index in [-0.39, 0.29) is 10.5 Å². The minimum absolute atomic E-state index is 0.0594. The molecule has 17 heavy (non-hydrogen) atoms. The number of hydrogen-bond acceptors (Lipinski definition) is 3. The highest BCUT2D eigenvalue weighted by Crippen LogP contribution is 2.28. The molecule has 0 saturated heterocycles. The summed E-state index contributed by atoms with van der Waals surface area (Å²) in [6.45, 7) is 7.05. The molecule has 1 rings (SSSR count). The maximum atomic E-state index is 12.3. The average molecular weight is 261 g/mol. The van der Waals surface area contributed by atoms with Crippen molar-refractivity contribution in [1.29, 1.82) is 0 Å². The van der Waals surface area contributed by atoms with E-state index in [4.69, 9.17) is 0 Å². The summed E-state index contributed by atoms with van der Waals surface area (Å²) >= 11 is 0. The number of nitrogens with one attached hydrogen (secondary N) is 1. The van der Waals surface area contributed by atoms with Crippen LogP contribution >= 0.6 is 0 Å². The molecule has 0 aromatic heterocycles. The molecule has 1 aliphatic rings. The van der Waals surface area contributed by atoms with Gasteiger partial charge in [0.25, 0.3) is 0 Å². The van der Waals surface area contributed by atoms with Crippen molar-refractivity contribution in [2.45, 2.75) is 75.8 Å². The van der Waals surface area contributed by atoms with Crippen molar-refractivity contribution in [1.82, 2.24) is 5.32 Å². The minimum atomic E-state index is -2.90. The zero-order chi connectivity index (χ0) is 12.9. The predicted molar refractivity (Wildman–Crippen MR) is 73.0 cm³/mol. The topological polar surface area (TPSA) is 46.2 Å². The molecule has 1 aliphatic carbocycles. The van der Waals surface area contributed by atoms with E-state index in [0.29, 0.717) is 6.04 Å². The van der Waals surface area contributed by atoms with Crippen LogP contribution in [0.15, 0.2) is 0 Å². The van der Waals surface area contributed by atoms with Crippen LogP contribution < -0.4 is 5.32 Å². The smallest absolute Gasteiger partial charge is 0.155 e. The Morgan fingerprint density at radius 2 is 1.82 bits per heavy atom. The molecule has 0 aromatic carbocycles. The van der Waals surface area contributed by atoms with Crippen molar-refractivity contribution >= 4 is 9.84 Å². The minimum Gasteiger partial charge on any atom is -0.314 e. The van der Waals surface area contributed by atoms with E-state index in [1.54, 1.807) is 0 Å². The maximum absolute atomic E-state index is 12.3. The average Bonchev–Trinajstić information content (AvgIpc) is 2.80. The summed E-state index contributed by atoms with van der Waals surface area (Å²) < 4.78 is 24.6. The summed E-state index contributed by atoms with van der Waals surface area (Å²) in [6.07, 6.45) is 5.75. The molecule has 0 heterocycles. The highest BCUT2D eigenvalue weighted by molar-refractivity contribution is 7.92. The zero-order valence-corrected chi connectivity index (χ0v) is 12.2. The molecule has 0 aliphatic heterocycles. The van der Waals surface area contributed by atoms with Crippen LogP contribution in [0.1, 0.15) is 59.3 Å². The molecule has 0 radical (unpaired) electrons. The third-order valence-corrected chi connectivity index (χ3v) is 6.47. The molecule has 1 fully saturated rings. The molecule has 102 valence electrons. The summed E-state index contributed by atoms with van der Waals surface area (Å²) in [7, 11) is -2.90. The Morgan fingerprint density at radius 3 is 2.35 bits per heavy atom. The van der Waals surface area contributed by atoms with Crippen molar-refractivity contribution < 1.29 is 8.42 Å². The lowest BCUT2D eigenvalue weighted by molar-refractivity contribution is 0.493. The van der Waals surface area contributed by atoms with E-state index in [9.17, 15) is 8.42 Å². The van der Waals surface area contributed by atoms with Crippen molar-refractivity contribution in [2.75, 3.05) is 6.54 Å². The van der Waals surface area contributed by atoms with Gasteiger partial charge in [0.05, 0.1) is 10.5 Å². The molecular formula is C13H27NO2S. The highest BCUT2D eigenvalue weighted by atomic mass is 32.2. The fourth-order valence-corrected chi connectivity index (χ4v) is 4.86. The third kappa shape index (κ3) is 4.25. The first-order valence-electron chi connectivity index (χ1n) is 6.94. The van der Waals surface area contributed by atoms with Gasteiger partial charge in [-0.1, -0.05) is 19.8 Å². The molecule has 3 nitrogen and oxygen atoms in total. The fraction of sp³-hybridized carbons (Fsp3) is 1.00. The molecule has 1 N–H and O–H groups in total. The van der Waals surface area contributed by atoms with Gasteiger partial charge < -0.3 is 5.32 Å². The van der Waals surface area contributed by atoms with Gasteiger partial charge in [0.1, 0.15) is 0 Å². The van der Waals surface area contributed by atoms with Crippen LogP contribution in [0.25, 0.3) is 0 Å². The Morgan fingerprint density at radius 1 is 1.24 bits per heavy atom. The van der Waals surface area contributed by atoms with Gasteiger partial charge in [0.15, 0.2) is 9.84 Å². The van der Waals surface area contributed by atoms with Crippen LogP contribution in [0, 0.1) is 0 Å². The van der Waals surface area contributed by atoms with Crippen LogP contribution in [0.3, 0.4) is 0 Å². The first-order valence-corrected chi connectivity index (χ1v) is 8.55. The third-order valence-electron chi connectivity index (χ3n) is 3.76. The molecule has 0 spiro atoms. The summed E-state index contributed by atoms with van der Waals surface area (Å²) in [5.74, 6) is 0. The SMILES string of the molecule is CCCNC(C)CC(C)S(=O)(=O)C1CCCC1. The largest absolute Gasteiger partial charge is 0.314 e. The number of rotatable bonds is 7. The Balaban J connectivity index is 2.47. The quantitative estimate of drug-likeness (QED) is 0.766. The molecule has 0 bridgehead atoms. The van der Waals surface area contributed by atoms with Gasteiger partial charge in [-0.05, 0) is 46.1 Å². The predicted octanol–water partition coefficient (Wildman–Crippen LogP) is 2.51. The van der Waals surface area contributed by atoms with Gasteiger partial charge in [0.2, 0.25) is 0 Å². The highest BCUT2D eigenvalue weighted by Gasteiger charge is 2.33. The van der Waals surface area contributed by atoms with Gasteiger partial charge in [0, 0.05) is 6.04 Å². The Bertz CT molecular complexity index is 307. The van der Waals surface area contributed by atoms with Crippen molar-refractivity contribution in [3.8, 4) is 0 Å². The Labute approximate surface area is 106 Å². The van der Waals surface area contributed by atoms with E-state index in [2.05, 4.69) is 19.2 Å². The molecule has 4 heteroatoms. The maximum Gasteiger partial charge on any atom is 0.155 e. The standard InChI is InChI=1S/C13H27NO2S/c1-4-9-14-11(2)10-12(3)17(15,16)13-7-5-6-8-13/h11-14H,4-10H2,1-3H3. The van der Waals surface area contributed by atoms with Gasteiger partial charge in [-0.2, -0.15) is 0 Å². The molecule has 0 aromatic rings. The van der Waals surface area contributed by atoms with Crippen LogP contribution in [0.5, 0.6) is 0 Å². The first-order chi connectivity index (χ1) is 7.98. The molecule has 0 amide bonds. The van der Waals surface area contributed by atoms with E-state index in [1.807, 2.05) is 6.92 Å². The van der Waals surface area contributed by atoms with Gasteiger partial charge >= 0.3 is 0 Å². The monoisotopic (exact) mass is 261 g/mol. The zero-order valence-electron chi connectivity index (χ0n) is 11.4. The molecule has 2 atom stereocenters. The van der Waals surface area contributed by atoms with Crippen molar-refractivity contribution in [3.63, 3.8) is 0 Å². The van der Waals surface area contributed by atoms with Crippen LogP contribution in [0.4, 0.5) is 0 Å². The Hall–Kier alpha value is -0.0900. The lowest BCUT2D eigenvalue weighted by Gasteiger charge is -2.21. The summed E-state index contributed by atoms with van der Waals surface area (Å²) in [5, 5.41) is 3.10. The second-order valence-corrected chi connectivity index (χ2v) is 8.05. The summed E-state index contributed by atoms with van der Waals surface area (Å²) in [6, 6.07) is 0.293. The van der Waals surface area contributed by atoms with Crippen molar-refractivity contribution in [2.24, 2.45) is 0 Å². The van der Waals surface area contributed by atoms with Crippen LogP contribution in [-0.2, 0) is 9.84 Å².